The lowest BCUT2D eigenvalue weighted by Gasteiger charge is -2.20. The minimum Gasteiger partial charge on any atom is -0.481 e. The Kier molecular flexibility index (Phi) is 4.28. The van der Waals surface area contributed by atoms with Crippen LogP contribution in [0, 0.1) is 17.2 Å². The molecule has 100 valence electrons. The van der Waals surface area contributed by atoms with Crippen LogP contribution in [-0.2, 0) is 4.79 Å². The van der Waals surface area contributed by atoms with Crippen molar-refractivity contribution in [3.8, 4) is 6.07 Å². The molecule has 1 saturated heterocycles. The maximum Gasteiger partial charge on any atom is 0.303 e. The number of carboxylic acids is 1. The van der Waals surface area contributed by atoms with E-state index in [2.05, 4.69) is 11.0 Å². The first kappa shape index (κ1) is 13.7. The van der Waals surface area contributed by atoms with E-state index in [1.165, 1.54) is 0 Å². The summed E-state index contributed by atoms with van der Waals surface area (Å²) >= 11 is 6.02. The van der Waals surface area contributed by atoms with Crippen LogP contribution in [0.25, 0.3) is 0 Å². The highest BCUT2D eigenvalue weighted by Gasteiger charge is 2.25. The summed E-state index contributed by atoms with van der Waals surface area (Å²) in [4.78, 5) is 12.7. The first-order valence-corrected chi connectivity index (χ1v) is 6.65. The van der Waals surface area contributed by atoms with Gasteiger partial charge in [-0.1, -0.05) is 17.7 Å². The number of hydrogen-bond acceptors (Lipinski definition) is 3. The van der Waals surface area contributed by atoms with Gasteiger partial charge >= 0.3 is 5.97 Å². The molecule has 0 saturated carbocycles. The average Bonchev–Trinajstić information content (AvgIpc) is 2.84. The fourth-order valence-corrected chi connectivity index (χ4v) is 2.71. The molecule has 0 aliphatic carbocycles. The number of anilines is 1. The molecule has 1 aromatic rings. The van der Waals surface area contributed by atoms with E-state index in [1.54, 1.807) is 6.07 Å². The molecule has 0 radical (unpaired) electrons. The van der Waals surface area contributed by atoms with E-state index in [0.29, 0.717) is 22.9 Å². The highest BCUT2D eigenvalue weighted by Crippen LogP contribution is 2.31. The Hall–Kier alpha value is -1.73. The van der Waals surface area contributed by atoms with Gasteiger partial charge in [0.2, 0.25) is 0 Å². The summed E-state index contributed by atoms with van der Waals surface area (Å²) in [6, 6.07) is 7.58. The topological polar surface area (TPSA) is 64.3 Å². The standard InChI is InChI=1S/C14H15ClN2O2/c15-12-2-1-3-13(11(12)8-16)17-7-6-10(9-17)4-5-14(18)19/h1-3,10H,4-7,9H2,(H,18,19). The monoisotopic (exact) mass is 278 g/mol. The van der Waals surface area contributed by atoms with Gasteiger partial charge in [0, 0.05) is 19.5 Å². The molecule has 0 bridgehead atoms. The van der Waals surface area contributed by atoms with Gasteiger partial charge in [-0.2, -0.15) is 5.26 Å². The lowest BCUT2D eigenvalue weighted by Crippen LogP contribution is -2.21. The van der Waals surface area contributed by atoms with Crippen molar-refractivity contribution in [1.29, 1.82) is 5.26 Å². The average molecular weight is 279 g/mol. The molecule has 4 nitrogen and oxygen atoms in total. The smallest absolute Gasteiger partial charge is 0.303 e. The van der Waals surface area contributed by atoms with Crippen molar-refractivity contribution in [2.45, 2.75) is 19.3 Å². The molecule has 5 heteroatoms. The number of carbonyl (C=O) groups is 1. The molecule has 1 atom stereocenters. The number of nitrogens with zero attached hydrogens (tertiary/aromatic N) is 2. The van der Waals surface area contributed by atoms with Crippen molar-refractivity contribution < 1.29 is 9.90 Å². The van der Waals surface area contributed by atoms with Crippen LogP contribution in [0.3, 0.4) is 0 Å². The van der Waals surface area contributed by atoms with Crippen molar-refractivity contribution >= 4 is 23.3 Å². The molecular weight excluding hydrogens is 264 g/mol. The maximum absolute atomic E-state index is 10.6. The van der Waals surface area contributed by atoms with Crippen molar-refractivity contribution in [1.82, 2.24) is 0 Å². The maximum atomic E-state index is 10.6. The van der Waals surface area contributed by atoms with Crippen molar-refractivity contribution in [3.05, 3.63) is 28.8 Å². The van der Waals surface area contributed by atoms with Crippen molar-refractivity contribution in [2.24, 2.45) is 5.92 Å². The Labute approximate surface area is 117 Å². The van der Waals surface area contributed by atoms with Gasteiger partial charge in [-0.25, -0.2) is 0 Å². The van der Waals surface area contributed by atoms with E-state index in [-0.39, 0.29) is 6.42 Å². The summed E-state index contributed by atoms with van der Waals surface area (Å²) < 4.78 is 0. The minimum atomic E-state index is -0.751. The molecule has 1 N–H and O–H groups in total. The van der Waals surface area contributed by atoms with Gasteiger partial charge in [0.25, 0.3) is 0 Å². The quantitative estimate of drug-likeness (QED) is 0.920. The third-order valence-corrected chi connectivity index (χ3v) is 3.81. The zero-order chi connectivity index (χ0) is 13.8. The summed E-state index contributed by atoms with van der Waals surface area (Å²) in [7, 11) is 0. The first-order chi connectivity index (χ1) is 9.11. The van der Waals surface area contributed by atoms with Gasteiger partial charge in [-0.15, -0.1) is 0 Å². The predicted molar refractivity (Wildman–Crippen MR) is 73.4 cm³/mol. The lowest BCUT2D eigenvalue weighted by molar-refractivity contribution is -0.137. The minimum absolute atomic E-state index is 0.207. The SMILES string of the molecule is N#Cc1c(Cl)cccc1N1CCC(CCC(=O)O)C1. The van der Waals surface area contributed by atoms with Gasteiger partial charge in [-0.3, -0.25) is 4.79 Å². The van der Waals surface area contributed by atoms with Crippen molar-refractivity contribution in [3.63, 3.8) is 0 Å². The van der Waals surface area contributed by atoms with Crippen LogP contribution >= 0.6 is 11.6 Å². The van der Waals surface area contributed by atoms with E-state index >= 15 is 0 Å². The van der Waals surface area contributed by atoms with Gasteiger partial charge in [0.1, 0.15) is 6.07 Å². The molecule has 19 heavy (non-hydrogen) atoms. The molecular formula is C14H15ClN2O2. The Morgan fingerprint density at radius 3 is 3.05 bits per heavy atom. The molecule has 1 aromatic carbocycles. The van der Waals surface area contributed by atoms with E-state index in [0.717, 1.165) is 25.2 Å². The predicted octanol–water partition coefficient (Wildman–Crippen LogP) is 2.90. The first-order valence-electron chi connectivity index (χ1n) is 6.27. The lowest BCUT2D eigenvalue weighted by atomic mass is 10.0. The second-order valence-electron chi connectivity index (χ2n) is 4.78. The molecule has 1 fully saturated rings. The van der Waals surface area contributed by atoms with Crippen LogP contribution in [0.5, 0.6) is 0 Å². The fourth-order valence-electron chi connectivity index (χ4n) is 2.50. The second kappa shape index (κ2) is 5.94. The molecule has 1 aliphatic heterocycles. The number of halogens is 1. The van der Waals surface area contributed by atoms with Crippen LogP contribution in [0.2, 0.25) is 5.02 Å². The van der Waals surface area contributed by atoms with Crippen LogP contribution < -0.4 is 4.90 Å². The molecule has 0 aromatic heterocycles. The largest absolute Gasteiger partial charge is 0.481 e. The van der Waals surface area contributed by atoms with Gasteiger partial charge in [0.05, 0.1) is 16.3 Å². The number of aliphatic carboxylic acids is 1. The number of hydrogen-bond donors (Lipinski definition) is 1. The normalized spacial score (nSPS) is 18.3. The number of nitriles is 1. The van der Waals surface area contributed by atoms with Crippen LogP contribution in [-0.4, -0.2) is 24.2 Å². The number of rotatable bonds is 4. The number of benzene rings is 1. The Morgan fingerprint density at radius 1 is 1.58 bits per heavy atom. The van der Waals surface area contributed by atoms with Crippen LogP contribution in [0.15, 0.2) is 18.2 Å². The molecule has 0 spiro atoms. The van der Waals surface area contributed by atoms with E-state index in [1.807, 2.05) is 12.1 Å². The molecule has 1 aliphatic rings. The van der Waals surface area contributed by atoms with Crippen molar-refractivity contribution in [2.75, 3.05) is 18.0 Å². The summed E-state index contributed by atoms with van der Waals surface area (Å²) in [5.74, 6) is -0.374. The Balaban J connectivity index is 2.07. The molecule has 1 heterocycles. The Morgan fingerprint density at radius 2 is 2.37 bits per heavy atom. The molecule has 2 rings (SSSR count). The van der Waals surface area contributed by atoms with E-state index < -0.39 is 5.97 Å². The summed E-state index contributed by atoms with van der Waals surface area (Å²) in [6.07, 6.45) is 1.86. The fraction of sp³-hybridized carbons (Fsp3) is 0.429. The van der Waals surface area contributed by atoms with E-state index in [4.69, 9.17) is 22.0 Å². The van der Waals surface area contributed by atoms with Crippen LogP contribution in [0.1, 0.15) is 24.8 Å². The third kappa shape index (κ3) is 3.18. The molecule has 0 amide bonds. The van der Waals surface area contributed by atoms with Gasteiger partial charge < -0.3 is 10.0 Å². The van der Waals surface area contributed by atoms with Gasteiger partial charge in [-0.05, 0) is 30.9 Å². The molecule has 1 unspecified atom stereocenters. The zero-order valence-corrected chi connectivity index (χ0v) is 11.2. The number of carboxylic acid groups (broad SMARTS) is 1. The summed E-state index contributed by atoms with van der Waals surface area (Å²) in [6.45, 7) is 1.64. The van der Waals surface area contributed by atoms with E-state index in [9.17, 15) is 4.79 Å². The third-order valence-electron chi connectivity index (χ3n) is 3.50. The zero-order valence-electron chi connectivity index (χ0n) is 10.5. The highest BCUT2D eigenvalue weighted by atomic mass is 35.5. The highest BCUT2D eigenvalue weighted by molar-refractivity contribution is 6.32. The second-order valence-corrected chi connectivity index (χ2v) is 5.19. The summed E-state index contributed by atoms with van der Waals surface area (Å²) in [5, 5.41) is 18.3. The van der Waals surface area contributed by atoms with Gasteiger partial charge in [0.15, 0.2) is 0 Å². The van der Waals surface area contributed by atoms with Crippen LogP contribution in [0.4, 0.5) is 5.69 Å². The Bertz CT molecular complexity index is 525. The summed E-state index contributed by atoms with van der Waals surface area (Å²) in [5.41, 5.74) is 1.36.